The predicted octanol–water partition coefficient (Wildman–Crippen LogP) is 2.05. The first-order chi connectivity index (χ1) is 10.4. The summed E-state index contributed by atoms with van der Waals surface area (Å²) in [5.41, 5.74) is -0.523. The highest BCUT2D eigenvalue weighted by molar-refractivity contribution is 5.90. The molecule has 3 fully saturated rings. The Labute approximate surface area is 132 Å². The van der Waals surface area contributed by atoms with Crippen LogP contribution in [0.1, 0.15) is 59.3 Å². The number of rotatable bonds is 3. The summed E-state index contributed by atoms with van der Waals surface area (Å²) in [7, 11) is 0. The first-order valence-electron chi connectivity index (χ1n) is 8.70. The minimum Gasteiger partial charge on any atom is -0.353 e. The highest BCUT2D eigenvalue weighted by atomic mass is 16.5. The van der Waals surface area contributed by atoms with Crippen molar-refractivity contribution < 1.29 is 14.3 Å². The van der Waals surface area contributed by atoms with Gasteiger partial charge in [-0.2, -0.15) is 0 Å². The van der Waals surface area contributed by atoms with Gasteiger partial charge >= 0.3 is 0 Å². The van der Waals surface area contributed by atoms with Crippen LogP contribution in [0.2, 0.25) is 0 Å². The van der Waals surface area contributed by atoms with Gasteiger partial charge in [-0.25, -0.2) is 0 Å². The molecule has 5 nitrogen and oxygen atoms in total. The van der Waals surface area contributed by atoms with Crippen molar-refractivity contribution in [2.45, 2.75) is 77.1 Å². The van der Waals surface area contributed by atoms with Gasteiger partial charge in [0, 0.05) is 12.0 Å². The van der Waals surface area contributed by atoms with E-state index in [-0.39, 0.29) is 23.8 Å². The third-order valence-electron chi connectivity index (χ3n) is 5.21. The Kier molecular flexibility index (Phi) is 4.19. The molecule has 2 amide bonds. The van der Waals surface area contributed by atoms with Gasteiger partial charge < -0.3 is 10.1 Å². The SMILES string of the molecule is CC1CCC2(CC1)OC[C@@H](C(=O)NC(C)C)N2C(=O)C1CC1. The molecule has 22 heavy (non-hydrogen) atoms. The number of nitrogens with one attached hydrogen (secondary N) is 1. The highest BCUT2D eigenvalue weighted by Crippen LogP contribution is 2.45. The van der Waals surface area contributed by atoms with Crippen LogP contribution < -0.4 is 5.32 Å². The summed E-state index contributed by atoms with van der Waals surface area (Å²) < 4.78 is 6.10. The van der Waals surface area contributed by atoms with Gasteiger partial charge in [-0.3, -0.25) is 14.5 Å². The molecule has 0 aromatic carbocycles. The van der Waals surface area contributed by atoms with Crippen molar-refractivity contribution in [3.8, 4) is 0 Å². The lowest BCUT2D eigenvalue weighted by atomic mass is 9.83. The fourth-order valence-electron chi connectivity index (χ4n) is 3.72. The molecule has 1 aliphatic heterocycles. The predicted molar refractivity (Wildman–Crippen MR) is 83.0 cm³/mol. The number of hydrogen-bond acceptors (Lipinski definition) is 3. The number of ether oxygens (including phenoxy) is 1. The van der Waals surface area contributed by atoms with Gasteiger partial charge in [-0.05, 0) is 58.3 Å². The van der Waals surface area contributed by atoms with E-state index in [1.807, 2.05) is 18.7 Å². The Balaban J connectivity index is 1.82. The lowest BCUT2D eigenvalue weighted by molar-refractivity contribution is -0.162. The van der Waals surface area contributed by atoms with Gasteiger partial charge in [-0.15, -0.1) is 0 Å². The normalized spacial score (nSPS) is 35.2. The molecule has 3 rings (SSSR count). The maximum atomic E-state index is 12.8. The zero-order valence-electron chi connectivity index (χ0n) is 13.9. The summed E-state index contributed by atoms with van der Waals surface area (Å²) >= 11 is 0. The molecule has 1 spiro atoms. The van der Waals surface area contributed by atoms with Crippen molar-refractivity contribution in [3.63, 3.8) is 0 Å². The van der Waals surface area contributed by atoms with E-state index in [1.165, 1.54) is 0 Å². The van der Waals surface area contributed by atoms with Gasteiger partial charge in [-0.1, -0.05) is 6.92 Å². The molecule has 1 N–H and O–H groups in total. The maximum absolute atomic E-state index is 12.8. The zero-order chi connectivity index (χ0) is 15.9. The fraction of sp³-hybridized carbons (Fsp3) is 0.882. The minimum atomic E-state index is -0.523. The summed E-state index contributed by atoms with van der Waals surface area (Å²) in [6.45, 7) is 6.47. The van der Waals surface area contributed by atoms with Crippen LogP contribution in [0, 0.1) is 11.8 Å². The molecule has 0 unspecified atom stereocenters. The number of carbonyl (C=O) groups is 2. The summed E-state index contributed by atoms with van der Waals surface area (Å²) in [5, 5.41) is 2.95. The van der Waals surface area contributed by atoms with Crippen molar-refractivity contribution in [3.05, 3.63) is 0 Å². The average Bonchev–Trinajstić information content (AvgIpc) is 3.24. The van der Waals surface area contributed by atoms with Crippen molar-refractivity contribution in [1.29, 1.82) is 0 Å². The Morgan fingerprint density at radius 2 is 1.82 bits per heavy atom. The summed E-state index contributed by atoms with van der Waals surface area (Å²) in [4.78, 5) is 27.2. The standard InChI is InChI=1S/C17H28N2O3/c1-11(2)18-15(20)14-10-22-17(8-6-12(3)7-9-17)19(14)16(21)13-4-5-13/h11-14H,4-10H2,1-3H3,(H,18,20)/t12?,14-,17?/m0/s1. The van der Waals surface area contributed by atoms with E-state index in [2.05, 4.69) is 12.2 Å². The first-order valence-corrected chi connectivity index (χ1v) is 8.70. The minimum absolute atomic E-state index is 0.0699. The summed E-state index contributed by atoms with van der Waals surface area (Å²) in [6, 6.07) is -0.378. The fourth-order valence-corrected chi connectivity index (χ4v) is 3.72. The van der Waals surface area contributed by atoms with E-state index >= 15 is 0 Å². The second kappa shape index (κ2) is 5.84. The first kappa shape index (κ1) is 15.8. The van der Waals surface area contributed by atoms with Crippen LogP contribution in [0.4, 0.5) is 0 Å². The number of amides is 2. The van der Waals surface area contributed by atoms with E-state index in [0.717, 1.165) is 38.5 Å². The third kappa shape index (κ3) is 2.87. The van der Waals surface area contributed by atoms with Gasteiger partial charge in [0.05, 0.1) is 6.61 Å². The average molecular weight is 308 g/mol. The van der Waals surface area contributed by atoms with E-state index in [0.29, 0.717) is 12.5 Å². The lowest BCUT2D eigenvalue weighted by Gasteiger charge is -2.43. The Morgan fingerprint density at radius 1 is 1.18 bits per heavy atom. The van der Waals surface area contributed by atoms with E-state index in [9.17, 15) is 9.59 Å². The van der Waals surface area contributed by atoms with Crippen molar-refractivity contribution in [2.24, 2.45) is 11.8 Å². The van der Waals surface area contributed by atoms with Gasteiger partial charge in [0.25, 0.3) is 0 Å². The van der Waals surface area contributed by atoms with Gasteiger partial charge in [0.15, 0.2) is 0 Å². The molecular formula is C17H28N2O3. The van der Waals surface area contributed by atoms with Crippen molar-refractivity contribution in [2.75, 3.05) is 6.61 Å². The van der Waals surface area contributed by atoms with Crippen LogP contribution >= 0.6 is 0 Å². The smallest absolute Gasteiger partial charge is 0.245 e. The van der Waals surface area contributed by atoms with Crippen LogP contribution in [0.15, 0.2) is 0 Å². The molecule has 3 aliphatic rings. The topological polar surface area (TPSA) is 58.6 Å². The second-order valence-electron chi connectivity index (χ2n) is 7.60. The van der Waals surface area contributed by atoms with Gasteiger partial charge in [0.2, 0.25) is 11.8 Å². The van der Waals surface area contributed by atoms with Crippen LogP contribution in [0.3, 0.4) is 0 Å². The molecule has 1 saturated heterocycles. The van der Waals surface area contributed by atoms with Crippen LogP contribution in [-0.4, -0.2) is 41.1 Å². The largest absolute Gasteiger partial charge is 0.353 e. The van der Waals surface area contributed by atoms with Gasteiger partial charge in [0.1, 0.15) is 11.8 Å². The molecule has 0 bridgehead atoms. The Morgan fingerprint density at radius 3 is 2.36 bits per heavy atom. The molecular weight excluding hydrogens is 280 g/mol. The van der Waals surface area contributed by atoms with E-state index in [4.69, 9.17) is 4.74 Å². The quantitative estimate of drug-likeness (QED) is 0.868. The molecule has 2 saturated carbocycles. The third-order valence-corrected chi connectivity index (χ3v) is 5.21. The highest BCUT2D eigenvalue weighted by Gasteiger charge is 2.55. The Bertz CT molecular complexity index is 451. The molecule has 124 valence electrons. The molecule has 0 radical (unpaired) electrons. The van der Waals surface area contributed by atoms with Crippen LogP contribution in [-0.2, 0) is 14.3 Å². The number of carbonyl (C=O) groups excluding carboxylic acids is 2. The monoisotopic (exact) mass is 308 g/mol. The summed E-state index contributed by atoms with van der Waals surface area (Å²) in [6.07, 6.45) is 5.76. The van der Waals surface area contributed by atoms with Crippen molar-refractivity contribution in [1.82, 2.24) is 10.2 Å². The molecule has 5 heteroatoms. The van der Waals surface area contributed by atoms with Crippen LogP contribution in [0.25, 0.3) is 0 Å². The van der Waals surface area contributed by atoms with E-state index in [1.54, 1.807) is 0 Å². The van der Waals surface area contributed by atoms with E-state index < -0.39 is 11.8 Å². The maximum Gasteiger partial charge on any atom is 0.245 e. The molecule has 0 aromatic heterocycles. The molecule has 1 atom stereocenters. The Hall–Kier alpha value is -1.10. The zero-order valence-corrected chi connectivity index (χ0v) is 13.9. The molecule has 0 aromatic rings. The van der Waals surface area contributed by atoms with Crippen LogP contribution in [0.5, 0.6) is 0 Å². The summed E-state index contributed by atoms with van der Waals surface area (Å²) in [5.74, 6) is 0.860. The molecule has 2 aliphatic carbocycles. The number of hydrogen-bond donors (Lipinski definition) is 1. The lowest BCUT2D eigenvalue weighted by Crippen LogP contribution is -2.57. The molecule has 1 heterocycles. The number of nitrogens with zero attached hydrogens (tertiary/aromatic N) is 1. The van der Waals surface area contributed by atoms with Crippen molar-refractivity contribution >= 4 is 11.8 Å². The second-order valence-corrected chi connectivity index (χ2v) is 7.60.